The van der Waals surface area contributed by atoms with Gasteiger partial charge in [-0.15, -0.1) is 12.4 Å². The Kier molecular flexibility index (Phi) is 10.8. The highest BCUT2D eigenvalue weighted by atomic mass is 35.5. The molecule has 0 radical (unpaired) electrons. The maximum Gasteiger partial charge on any atom is 0.240 e. The highest BCUT2D eigenvalue weighted by molar-refractivity contribution is 7.89. The first kappa shape index (κ1) is 21.9. The second kappa shape index (κ2) is 11.4. The number of amides is 1. The minimum atomic E-state index is -3.40. The molecular weight excluding hydrogens is 338 g/mol. The van der Waals surface area contributed by atoms with Crippen LogP contribution in [0.15, 0.2) is 29.2 Å². The fourth-order valence-corrected chi connectivity index (χ4v) is 2.62. The number of aryl methyl sites for hydroxylation is 1. The zero-order valence-electron chi connectivity index (χ0n) is 13.6. The first-order valence-electron chi connectivity index (χ1n) is 7.49. The van der Waals surface area contributed by atoms with E-state index in [-0.39, 0.29) is 23.2 Å². The molecule has 0 bridgehead atoms. The summed E-state index contributed by atoms with van der Waals surface area (Å²) in [5, 5.41) is 6.06. The molecule has 0 aliphatic carbocycles. The van der Waals surface area contributed by atoms with Gasteiger partial charge in [-0.05, 0) is 44.1 Å². The molecule has 0 atom stereocenters. The van der Waals surface area contributed by atoms with Gasteiger partial charge in [-0.2, -0.15) is 0 Å². The highest BCUT2D eigenvalue weighted by Crippen LogP contribution is 2.11. The van der Waals surface area contributed by atoms with Gasteiger partial charge in [0.05, 0.1) is 4.90 Å². The number of benzene rings is 1. The summed E-state index contributed by atoms with van der Waals surface area (Å²) in [7, 11) is -2.02. The molecule has 0 saturated heterocycles. The summed E-state index contributed by atoms with van der Waals surface area (Å²) in [6.45, 7) is 4.45. The lowest BCUT2D eigenvalue weighted by Gasteiger charge is -2.07. The van der Waals surface area contributed by atoms with Gasteiger partial charge in [0.2, 0.25) is 15.9 Å². The largest absolute Gasteiger partial charge is 0.355 e. The van der Waals surface area contributed by atoms with Crippen LogP contribution in [0.1, 0.15) is 25.3 Å². The number of hydrogen-bond donors (Lipinski definition) is 3. The van der Waals surface area contributed by atoms with Crippen LogP contribution in [0.5, 0.6) is 0 Å². The summed E-state index contributed by atoms with van der Waals surface area (Å²) in [4.78, 5) is 11.9. The average molecular weight is 364 g/mol. The van der Waals surface area contributed by atoms with Crippen molar-refractivity contribution in [3.8, 4) is 0 Å². The molecule has 0 aromatic heterocycles. The van der Waals surface area contributed by atoms with Gasteiger partial charge >= 0.3 is 0 Å². The van der Waals surface area contributed by atoms with Gasteiger partial charge in [-0.3, -0.25) is 4.79 Å². The summed E-state index contributed by atoms with van der Waals surface area (Å²) in [5.41, 5.74) is 0.939. The highest BCUT2D eigenvalue weighted by Gasteiger charge is 2.10. The number of nitrogens with one attached hydrogen (secondary N) is 3. The van der Waals surface area contributed by atoms with Gasteiger partial charge in [0.25, 0.3) is 0 Å². The lowest BCUT2D eigenvalue weighted by molar-refractivity contribution is -0.121. The van der Waals surface area contributed by atoms with Crippen molar-refractivity contribution in [2.75, 3.05) is 26.7 Å². The molecule has 0 aliphatic rings. The van der Waals surface area contributed by atoms with E-state index in [1.807, 2.05) is 0 Å². The molecular formula is C15H26ClN3O3S. The Bertz CT molecular complexity index is 562. The molecule has 8 heteroatoms. The van der Waals surface area contributed by atoms with Crippen molar-refractivity contribution >= 4 is 28.3 Å². The first-order valence-corrected chi connectivity index (χ1v) is 8.98. The quantitative estimate of drug-likeness (QED) is 0.542. The van der Waals surface area contributed by atoms with Crippen LogP contribution >= 0.6 is 12.4 Å². The monoisotopic (exact) mass is 363 g/mol. The number of rotatable bonds is 10. The van der Waals surface area contributed by atoms with E-state index >= 15 is 0 Å². The zero-order chi connectivity index (χ0) is 16.4. The molecule has 132 valence electrons. The number of sulfonamides is 1. The molecule has 23 heavy (non-hydrogen) atoms. The second-order valence-electron chi connectivity index (χ2n) is 4.95. The van der Waals surface area contributed by atoms with Crippen LogP contribution < -0.4 is 15.4 Å². The van der Waals surface area contributed by atoms with Gasteiger partial charge < -0.3 is 10.6 Å². The summed E-state index contributed by atoms with van der Waals surface area (Å²) in [6, 6.07) is 6.57. The van der Waals surface area contributed by atoms with Gasteiger partial charge in [0.1, 0.15) is 0 Å². The van der Waals surface area contributed by atoms with E-state index in [2.05, 4.69) is 22.3 Å². The van der Waals surface area contributed by atoms with Crippen molar-refractivity contribution in [3.63, 3.8) is 0 Å². The van der Waals surface area contributed by atoms with Crippen LogP contribution in [0.2, 0.25) is 0 Å². The third kappa shape index (κ3) is 8.31. The molecule has 0 fully saturated rings. The van der Waals surface area contributed by atoms with E-state index in [0.29, 0.717) is 19.4 Å². The Hall–Kier alpha value is -1.15. The van der Waals surface area contributed by atoms with Crippen LogP contribution in [-0.4, -0.2) is 41.0 Å². The first-order chi connectivity index (χ1) is 10.5. The predicted molar refractivity (Wildman–Crippen MR) is 94.4 cm³/mol. The van der Waals surface area contributed by atoms with E-state index < -0.39 is 10.0 Å². The van der Waals surface area contributed by atoms with Crippen molar-refractivity contribution in [2.45, 2.75) is 31.1 Å². The normalized spacial score (nSPS) is 10.9. The van der Waals surface area contributed by atoms with E-state index in [9.17, 15) is 13.2 Å². The summed E-state index contributed by atoms with van der Waals surface area (Å²) < 4.78 is 25.4. The zero-order valence-corrected chi connectivity index (χ0v) is 15.2. The summed E-state index contributed by atoms with van der Waals surface area (Å²) >= 11 is 0. The summed E-state index contributed by atoms with van der Waals surface area (Å²) in [6.07, 6.45) is 2.06. The Morgan fingerprint density at radius 1 is 1.09 bits per heavy atom. The molecule has 0 heterocycles. The van der Waals surface area contributed by atoms with E-state index in [1.54, 1.807) is 24.3 Å². The molecule has 0 spiro atoms. The average Bonchev–Trinajstić information content (AvgIpc) is 2.53. The molecule has 1 rings (SSSR count). The second-order valence-corrected chi connectivity index (χ2v) is 6.84. The van der Waals surface area contributed by atoms with Crippen LogP contribution in [0.3, 0.4) is 0 Å². The SMILES string of the molecule is CCCNCCNC(=O)CCc1ccc(S(=O)(=O)NC)cc1.Cl. The lowest BCUT2D eigenvalue weighted by atomic mass is 10.1. The third-order valence-corrected chi connectivity index (χ3v) is 4.62. The number of hydrogen-bond acceptors (Lipinski definition) is 4. The molecule has 6 nitrogen and oxygen atoms in total. The third-order valence-electron chi connectivity index (χ3n) is 3.19. The Morgan fingerprint density at radius 3 is 2.30 bits per heavy atom. The molecule has 0 saturated carbocycles. The molecule has 3 N–H and O–H groups in total. The van der Waals surface area contributed by atoms with Crippen molar-refractivity contribution in [1.29, 1.82) is 0 Å². The van der Waals surface area contributed by atoms with Gasteiger partial charge in [0, 0.05) is 19.5 Å². The summed E-state index contributed by atoms with van der Waals surface area (Å²) in [5.74, 6) is 0.00483. The van der Waals surface area contributed by atoms with Crippen molar-refractivity contribution < 1.29 is 13.2 Å². The van der Waals surface area contributed by atoms with Crippen molar-refractivity contribution in [2.24, 2.45) is 0 Å². The van der Waals surface area contributed by atoms with Crippen LogP contribution in [0.25, 0.3) is 0 Å². The van der Waals surface area contributed by atoms with Gasteiger partial charge in [0.15, 0.2) is 0 Å². The maximum absolute atomic E-state index is 11.7. The van der Waals surface area contributed by atoms with E-state index in [1.165, 1.54) is 7.05 Å². The number of halogens is 1. The molecule has 0 unspecified atom stereocenters. The molecule has 0 aliphatic heterocycles. The van der Waals surface area contributed by atoms with Gasteiger partial charge in [-0.25, -0.2) is 13.1 Å². The predicted octanol–water partition coefficient (Wildman–Crippen LogP) is 1.06. The Morgan fingerprint density at radius 2 is 1.74 bits per heavy atom. The maximum atomic E-state index is 11.7. The van der Waals surface area contributed by atoms with Crippen LogP contribution in [0.4, 0.5) is 0 Å². The molecule has 1 amide bonds. The minimum Gasteiger partial charge on any atom is -0.355 e. The molecule has 1 aromatic carbocycles. The smallest absolute Gasteiger partial charge is 0.240 e. The van der Waals surface area contributed by atoms with Gasteiger partial charge in [-0.1, -0.05) is 19.1 Å². The Labute approximate surface area is 144 Å². The standard InChI is InChI=1S/C15H25N3O3S.ClH/c1-3-10-17-11-12-18-15(19)9-6-13-4-7-14(8-5-13)22(20,21)16-2;/h4-5,7-8,16-17H,3,6,9-12H2,1-2H3,(H,18,19);1H. The Balaban J connectivity index is 0.00000484. The van der Waals surface area contributed by atoms with Crippen molar-refractivity contribution in [1.82, 2.24) is 15.4 Å². The fourth-order valence-electron chi connectivity index (χ4n) is 1.89. The fraction of sp³-hybridized carbons (Fsp3) is 0.533. The van der Waals surface area contributed by atoms with Crippen molar-refractivity contribution in [3.05, 3.63) is 29.8 Å². The topological polar surface area (TPSA) is 87.3 Å². The molecule has 1 aromatic rings. The number of carbonyl (C=O) groups is 1. The van der Waals surface area contributed by atoms with Crippen LogP contribution in [-0.2, 0) is 21.2 Å². The minimum absolute atomic E-state index is 0. The van der Waals surface area contributed by atoms with E-state index in [0.717, 1.165) is 25.1 Å². The van der Waals surface area contributed by atoms with Crippen LogP contribution in [0, 0.1) is 0 Å². The van der Waals surface area contributed by atoms with E-state index in [4.69, 9.17) is 0 Å². The number of carbonyl (C=O) groups excluding carboxylic acids is 1. The lowest BCUT2D eigenvalue weighted by Crippen LogP contribution is -2.32.